The Morgan fingerprint density at radius 3 is 2.64 bits per heavy atom. The van der Waals surface area contributed by atoms with Crippen molar-refractivity contribution in [3.8, 4) is 0 Å². The molecule has 0 radical (unpaired) electrons. The molecule has 1 atom stereocenters. The SMILES string of the molecule is O=C(Cc1ccc(C(F)(F)F)cc1)N1CCNCC1c1cccnc1. The maximum atomic E-state index is 12.7. The second kappa shape index (κ2) is 7.23. The van der Waals surface area contributed by atoms with Crippen LogP contribution in [0.5, 0.6) is 0 Å². The van der Waals surface area contributed by atoms with Gasteiger partial charge in [-0.15, -0.1) is 0 Å². The summed E-state index contributed by atoms with van der Waals surface area (Å²) in [5.41, 5.74) is 0.802. The minimum absolute atomic E-state index is 0.0783. The Hall–Kier alpha value is -2.41. The van der Waals surface area contributed by atoms with Crippen molar-refractivity contribution in [1.29, 1.82) is 0 Å². The van der Waals surface area contributed by atoms with E-state index in [0.29, 0.717) is 25.2 Å². The van der Waals surface area contributed by atoms with Crippen LogP contribution in [0.3, 0.4) is 0 Å². The molecule has 0 aliphatic carbocycles. The largest absolute Gasteiger partial charge is 0.416 e. The smallest absolute Gasteiger partial charge is 0.333 e. The number of hydrogen-bond donors (Lipinski definition) is 1. The first-order valence-electron chi connectivity index (χ1n) is 8.01. The van der Waals surface area contributed by atoms with Gasteiger partial charge in [0.1, 0.15) is 0 Å². The van der Waals surface area contributed by atoms with Gasteiger partial charge in [0, 0.05) is 32.0 Å². The highest BCUT2D eigenvalue weighted by molar-refractivity contribution is 5.79. The molecule has 1 aliphatic heterocycles. The van der Waals surface area contributed by atoms with E-state index in [-0.39, 0.29) is 18.4 Å². The van der Waals surface area contributed by atoms with Gasteiger partial charge in [0.25, 0.3) is 0 Å². The van der Waals surface area contributed by atoms with Crippen molar-refractivity contribution in [1.82, 2.24) is 15.2 Å². The number of nitrogens with one attached hydrogen (secondary N) is 1. The lowest BCUT2D eigenvalue weighted by molar-refractivity contribution is -0.137. The minimum Gasteiger partial charge on any atom is -0.333 e. The Balaban J connectivity index is 1.73. The number of hydrogen-bond acceptors (Lipinski definition) is 3. The first-order chi connectivity index (χ1) is 11.9. The number of amides is 1. The van der Waals surface area contributed by atoms with Crippen molar-refractivity contribution < 1.29 is 18.0 Å². The van der Waals surface area contributed by atoms with Crippen LogP contribution in [0, 0.1) is 0 Å². The number of alkyl halides is 3. The number of aromatic nitrogens is 1. The summed E-state index contributed by atoms with van der Waals surface area (Å²) in [6.07, 6.45) is -0.883. The van der Waals surface area contributed by atoms with E-state index in [1.165, 1.54) is 12.1 Å². The molecule has 1 saturated heterocycles. The van der Waals surface area contributed by atoms with E-state index in [1.54, 1.807) is 17.3 Å². The number of benzene rings is 1. The van der Waals surface area contributed by atoms with Crippen molar-refractivity contribution in [3.05, 3.63) is 65.5 Å². The molecule has 1 unspecified atom stereocenters. The number of nitrogens with zero attached hydrogens (tertiary/aromatic N) is 2. The molecule has 1 N–H and O–H groups in total. The van der Waals surface area contributed by atoms with E-state index in [4.69, 9.17) is 0 Å². The number of pyridine rings is 1. The van der Waals surface area contributed by atoms with Crippen molar-refractivity contribution in [2.45, 2.75) is 18.6 Å². The summed E-state index contributed by atoms with van der Waals surface area (Å²) < 4.78 is 37.9. The van der Waals surface area contributed by atoms with Crippen LogP contribution in [-0.2, 0) is 17.4 Å². The highest BCUT2D eigenvalue weighted by atomic mass is 19.4. The standard InChI is InChI=1S/C18H18F3N3O/c19-18(20,21)15-5-3-13(4-6-15)10-17(25)24-9-8-23-12-16(24)14-2-1-7-22-11-14/h1-7,11,16,23H,8-10,12H2. The lowest BCUT2D eigenvalue weighted by Gasteiger charge is -2.36. The third-order valence-electron chi connectivity index (χ3n) is 4.27. The quantitative estimate of drug-likeness (QED) is 0.927. The summed E-state index contributed by atoms with van der Waals surface area (Å²) in [6, 6.07) is 8.37. The molecular weight excluding hydrogens is 331 g/mol. The van der Waals surface area contributed by atoms with Gasteiger partial charge < -0.3 is 10.2 Å². The zero-order valence-electron chi connectivity index (χ0n) is 13.5. The third-order valence-corrected chi connectivity index (χ3v) is 4.27. The van der Waals surface area contributed by atoms with Gasteiger partial charge >= 0.3 is 6.18 Å². The van der Waals surface area contributed by atoms with Crippen LogP contribution in [-0.4, -0.2) is 35.4 Å². The van der Waals surface area contributed by atoms with Gasteiger partial charge in [-0.3, -0.25) is 9.78 Å². The molecule has 0 bridgehead atoms. The molecule has 7 heteroatoms. The van der Waals surface area contributed by atoms with Crippen LogP contribution >= 0.6 is 0 Å². The summed E-state index contributed by atoms with van der Waals surface area (Å²) in [7, 11) is 0. The molecule has 1 amide bonds. The fraction of sp³-hybridized carbons (Fsp3) is 0.333. The average molecular weight is 349 g/mol. The van der Waals surface area contributed by atoms with E-state index in [9.17, 15) is 18.0 Å². The Morgan fingerprint density at radius 1 is 1.24 bits per heavy atom. The predicted molar refractivity (Wildman–Crippen MR) is 86.7 cm³/mol. The Kier molecular flexibility index (Phi) is 5.03. The predicted octanol–water partition coefficient (Wildman–Crippen LogP) is 2.82. The van der Waals surface area contributed by atoms with E-state index < -0.39 is 11.7 Å². The summed E-state index contributed by atoms with van der Waals surface area (Å²) in [4.78, 5) is 18.6. The van der Waals surface area contributed by atoms with Crippen molar-refractivity contribution in [2.24, 2.45) is 0 Å². The van der Waals surface area contributed by atoms with Gasteiger partial charge in [-0.2, -0.15) is 13.2 Å². The van der Waals surface area contributed by atoms with Crippen molar-refractivity contribution in [3.63, 3.8) is 0 Å². The van der Waals surface area contributed by atoms with Crippen molar-refractivity contribution >= 4 is 5.91 Å². The molecule has 4 nitrogen and oxygen atoms in total. The highest BCUT2D eigenvalue weighted by Gasteiger charge is 2.31. The van der Waals surface area contributed by atoms with Crippen molar-refractivity contribution in [2.75, 3.05) is 19.6 Å². The number of rotatable bonds is 3. The fourth-order valence-electron chi connectivity index (χ4n) is 2.96. The zero-order valence-corrected chi connectivity index (χ0v) is 13.5. The first kappa shape index (κ1) is 17.4. The molecule has 1 aromatic heterocycles. The van der Waals surface area contributed by atoms with E-state index >= 15 is 0 Å². The normalized spacial score (nSPS) is 18.2. The molecule has 0 spiro atoms. The highest BCUT2D eigenvalue weighted by Crippen LogP contribution is 2.29. The van der Waals surface area contributed by atoms with E-state index in [1.807, 2.05) is 12.1 Å². The molecular formula is C18H18F3N3O. The van der Waals surface area contributed by atoms with E-state index in [0.717, 1.165) is 17.7 Å². The molecule has 1 aromatic carbocycles. The molecule has 25 heavy (non-hydrogen) atoms. The van der Waals surface area contributed by atoms with Crippen LogP contribution < -0.4 is 5.32 Å². The maximum absolute atomic E-state index is 12.7. The molecule has 0 saturated carbocycles. The van der Waals surface area contributed by atoms with Gasteiger partial charge in [-0.05, 0) is 29.3 Å². The summed E-state index contributed by atoms with van der Waals surface area (Å²) >= 11 is 0. The maximum Gasteiger partial charge on any atom is 0.416 e. The molecule has 2 aromatic rings. The second-order valence-corrected chi connectivity index (χ2v) is 5.96. The molecule has 3 rings (SSSR count). The first-order valence-corrected chi connectivity index (χ1v) is 8.01. The number of piperazine rings is 1. The van der Waals surface area contributed by atoms with Gasteiger partial charge in [-0.1, -0.05) is 18.2 Å². The zero-order chi connectivity index (χ0) is 17.9. The van der Waals surface area contributed by atoms with Crippen LogP contribution in [0.15, 0.2) is 48.8 Å². The lowest BCUT2D eigenvalue weighted by Crippen LogP contribution is -2.49. The summed E-state index contributed by atoms with van der Waals surface area (Å²) in [6.45, 7) is 1.87. The molecule has 1 aliphatic rings. The van der Waals surface area contributed by atoms with Crippen LogP contribution in [0.25, 0.3) is 0 Å². The minimum atomic E-state index is -4.37. The molecule has 132 valence electrons. The fourth-order valence-corrected chi connectivity index (χ4v) is 2.96. The topological polar surface area (TPSA) is 45.2 Å². The Bertz CT molecular complexity index is 717. The average Bonchev–Trinajstić information content (AvgIpc) is 2.62. The molecule has 2 heterocycles. The van der Waals surface area contributed by atoms with Crippen LogP contribution in [0.2, 0.25) is 0 Å². The lowest BCUT2D eigenvalue weighted by atomic mass is 10.0. The number of carbonyl (C=O) groups excluding carboxylic acids is 1. The third kappa shape index (κ3) is 4.17. The van der Waals surface area contributed by atoms with Crippen LogP contribution in [0.4, 0.5) is 13.2 Å². The van der Waals surface area contributed by atoms with Gasteiger partial charge in [-0.25, -0.2) is 0 Å². The molecule has 1 fully saturated rings. The van der Waals surface area contributed by atoms with Gasteiger partial charge in [0.05, 0.1) is 18.0 Å². The van der Waals surface area contributed by atoms with E-state index in [2.05, 4.69) is 10.3 Å². The Morgan fingerprint density at radius 2 is 2.00 bits per heavy atom. The summed E-state index contributed by atoms with van der Waals surface area (Å²) in [5.74, 6) is -0.102. The van der Waals surface area contributed by atoms with Gasteiger partial charge in [0.2, 0.25) is 5.91 Å². The summed E-state index contributed by atoms with van der Waals surface area (Å²) in [5, 5.41) is 3.26. The van der Waals surface area contributed by atoms with Gasteiger partial charge in [0.15, 0.2) is 0 Å². The number of halogens is 3. The Labute approximate surface area is 143 Å². The van der Waals surface area contributed by atoms with Crippen LogP contribution in [0.1, 0.15) is 22.7 Å². The monoisotopic (exact) mass is 349 g/mol. The number of carbonyl (C=O) groups is 1. The second-order valence-electron chi connectivity index (χ2n) is 5.96.